The second kappa shape index (κ2) is 6.06. The van der Waals surface area contributed by atoms with Gasteiger partial charge in [-0.2, -0.15) is 0 Å². The Morgan fingerprint density at radius 3 is 2.35 bits per heavy atom. The molecule has 1 unspecified atom stereocenters. The number of aryl methyl sites for hydroxylation is 1. The van der Waals surface area contributed by atoms with E-state index in [1.54, 1.807) is 0 Å². The molecule has 17 heavy (non-hydrogen) atoms. The van der Waals surface area contributed by atoms with Gasteiger partial charge in [-0.05, 0) is 63.3 Å². The van der Waals surface area contributed by atoms with Crippen LogP contribution < -0.4 is 10.5 Å². The molecular formula is C15H25NO. The number of hydrogen-bond acceptors (Lipinski definition) is 2. The van der Waals surface area contributed by atoms with Gasteiger partial charge < -0.3 is 10.5 Å². The van der Waals surface area contributed by atoms with Crippen molar-refractivity contribution in [3.05, 3.63) is 28.8 Å². The molecule has 0 saturated heterocycles. The van der Waals surface area contributed by atoms with Crippen LogP contribution in [0.25, 0.3) is 0 Å². The SMILES string of the molecule is Cc1ccc(C(C)CCN)c(OC(C)C)c1C. The molecule has 0 spiro atoms. The van der Waals surface area contributed by atoms with E-state index >= 15 is 0 Å². The van der Waals surface area contributed by atoms with Crippen LogP contribution >= 0.6 is 0 Å². The number of ether oxygens (including phenoxy) is 1. The molecule has 2 N–H and O–H groups in total. The Morgan fingerprint density at radius 2 is 1.82 bits per heavy atom. The molecule has 1 rings (SSSR count). The first-order chi connectivity index (χ1) is 7.97. The third kappa shape index (κ3) is 3.47. The van der Waals surface area contributed by atoms with Gasteiger partial charge in [-0.3, -0.25) is 0 Å². The molecule has 1 aromatic rings. The lowest BCUT2D eigenvalue weighted by Crippen LogP contribution is -2.12. The highest BCUT2D eigenvalue weighted by molar-refractivity contribution is 5.47. The fourth-order valence-electron chi connectivity index (χ4n) is 2.00. The van der Waals surface area contributed by atoms with E-state index in [-0.39, 0.29) is 6.10 Å². The summed E-state index contributed by atoms with van der Waals surface area (Å²) in [5.41, 5.74) is 9.46. The van der Waals surface area contributed by atoms with Crippen molar-refractivity contribution in [3.63, 3.8) is 0 Å². The van der Waals surface area contributed by atoms with Crippen LogP contribution in [-0.4, -0.2) is 12.6 Å². The van der Waals surface area contributed by atoms with E-state index in [2.05, 4.69) is 46.8 Å². The minimum Gasteiger partial charge on any atom is -0.490 e. The Kier molecular flexibility index (Phi) is 5.01. The van der Waals surface area contributed by atoms with Gasteiger partial charge in [-0.1, -0.05) is 19.1 Å². The maximum Gasteiger partial charge on any atom is 0.126 e. The van der Waals surface area contributed by atoms with E-state index in [1.165, 1.54) is 16.7 Å². The highest BCUT2D eigenvalue weighted by Crippen LogP contribution is 2.34. The van der Waals surface area contributed by atoms with Gasteiger partial charge in [0.15, 0.2) is 0 Å². The smallest absolute Gasteiger partial charge is 0.126 e. The minimum absolute atomic E-state index is 0.208. The normalized spacial score (nSPS) is 12.9. The van der Waals surface area contributed by atoms with Gasteiger partial charge in [0.05, 0.1) is 6.10 Å². The number of nitrogens with two attached hydrogens (primary N) is 1. The first-order valence-corrected chi connectivity index (χ1v) is 6.44. The van der Waals surface area contributed by atoms with Gasteiger partial charge in [-0.25, -0.2) is 0 Å². The molecule has 0 fully saturated rings. The first kappa shape index (κ1) is 14.0. The van der Waals surface area contributed by atoms with Crippen LogP contribution in [0.3, 0.4) is 0 Å². The Labute approximate surface area is 105 Å². The van der Waals surface area contributed by atoms with Crippen LogP contribution in [-0.2, 0) is 0 Å². The molecule has 96 valence electrons. The van der Waals surface area contributed by atoms with Gasteiger partial charge in [0.1, 0.15) is 5.75 Å². The summed E-state index contributed by atoms with van der Waals surface area (Å²) in [6, 6.07) is 4.35. The molecule has 1 aromatic carbocycles. The van der Waals surface area contributed by atoms with Crippen LogP contribution in [0, 0.1) is 13.8 Å². The van der Waals surface area contributed by atoms with Crippen molar-refractivity contribution in [2.75, 3.05) is 6.54 Å². The molecule has 1 atom stereocenters. The number of rotatable bonds is 5. The summed E-state index contributed by atoms with van der Waals surface area (Å²) < 4.78 is 5.98. The second-order valence-corrected chi connectivity index (χ2v) is 5.07. The number of hydrogen-bond donors (Lipinski definition) is 1. The monoisotopic (exact) mass is 235 g/mol. The average Bonchev–Trinajstić information content (AvgIpc) is 2.24. The van der Waals surface area contributed by atoms with Crippen molar-refractivity contribution in [1.29, 1.82) is 0 Å². The van der Waals surface area contributed by atoms with Crippen LogP contribution in [0.4, 0.5) is 0 Å². The lowest BCUT2D eigenvalue weighted by atomic mass is 9.93. The van der Waals surface area contributed by atoms with Crippen molar-refractivity contribution in [3.8, 4) is 5.75 Å². The van der Waals surface area contributed by atoms with Crippen LogP contribution in [0.1, 0.15) is 49.8 Å². The van der Waals surface area contributed by atoms with Crippen molar-refractivity contribution >= 4 is 0 Å². The zero-order valence-electron chi connectivity index (χ0n) is 11.7. The average molecular weight is 235 g/mol. The second-order valence-electron chi connectivity index (χ2n) is 5.07. The van der Waals surface area contributed by atoms with E-state index in [4.69, 9.17) is 10.5 Å². The summed E-state index contributed by atoms with van der Waals surface area (Å²) in [5, 5.41) is 0. The topological polar surface area (TPSA) is 35.2 Å². The lowest BCUT2D eigenvalue weighted by Gasteiger charge is -2.21. The molecule has 0 aliphatic heterocycles. The van der Waals surface area contributed by atoms with Crippen LogP contribution in [0.5, 0.6) is 5.75 Å². The standard InChI is InChI=1S/C15H25NO/c1-10(2)17-15-13(5)11(3)6-7-14(15)12(4)8-9-16/h6-7,10,12H,8-9,16H2,1-5H3. The molecule has 0 aliphatic carbocycles. The quantitative estimate of drug-likeness (QED) is 0.847. The Bertz CT molecular complexity index is 371. The predicted molar refractivity (Wildman–Crippen MR) is 73.8 cm³/mol. The number of benzene rings is 1. The molecule has 0 aromatic heterocycles. The van der Waals surface area contributed by atoms with Crippen LogP contribution in [0.15, 0.2) is 12.1 Å². The van der Waals surface area contributed by atoms with Crippen molar-refractivity contribution in [2.24, 2.45) is 5.73 Å². The fourth-order valence-corrected chi connectivity index (χ4v) is 2.00. The summed E-state index contributed by atoms with van der Waals surface area (Å²) in [4.78, 5) is 0. The molecule has 2 nitrogen and oxygen atoms in total. The molecule has 0 amide bonds. The van der Waals surface area contributed by atoms with E-state index in [1.807, 2.05) is 0 Å². The summed E-state index contributed by atoms with van der Waals surface area (Å²) in [5.74, 6) is 1.51. The Morgan fingerprint density at radius 1 is 1.18 bits per heavy atom. The van der Waals surface area contributed by atoms with E-state index < -0.39 is 0 Å². The van der Waals surface area contributed by atoms with Gasteiger partial charge in [0.2, 0.25) is 0 Å². The third-order valence-electron chi connectivity index (χ3n) is 3.19. The lowest BCUT2D eigenvalue weighted by molar-refractivity contribution is 0.237. The molecular weight excluding hydrogens is 210 g/mol. The molecule has 0 radical (unpaired) electrons. The van der Waals surface area contributed by atoms with Gasteiger partial charge in [0.25, 0.3) is 0 Å². The zero-order valence-corrected chi connectivity index (χ0v) is 11.7. The Hall–Kier alpha value is -1.02. The highest BCUT2D eigenvalue weighted by Gasteiger charge is 2.15. The van der Waals surface area contributed by atoms with Gasteiger partial charge >= 0.3 is 0 Å². The largest absolute Gasteiger partial charge is 0.490 e. The molecule has 2 heteroatoms. The summed E-state index contributed by atoms with van der Waals surface area (Å²) in [6.07, 6.45) is 1.20. The van der Waals surface area contributed by atoms with Gasteiger partial charge in [0, 0.05) is 0 Å². The molecule has 0 heterocycles. The summed E-state index contributed by atoms with van der Waals surface area (Å²) in [7, 11) is 0. The fraction of sp³-hybridized carbons (Fsp3) is 0.600. The molecule has 0 aliphatic rings. The maximum absolute atomic E-state index is 5.98. The van der Waals surface area contributed by atoms with E-state index in [0.29, 0.717) is 5.92 Å². The zero-order chi connectivity index (χ0) is 13.0. The first-order valence-electron chi connectivity index (χ1n) is 6.44. The van der Waals surface area contributed by atoms with Crippen molar-refractivity contribution < 1.29 is 4.74 Å². The highest BCUT2D eigenvalue weighted by atomic mass is 16.5. The Balaban J connectivity index is 3.15. The predicted octanol–water partition coefficient (Wildman–Crippen LogP) is 3.54. The van der Waals surface area contributed by atoms with E-state index in [0.717, 1.165) is 18.7 Å². The van der Waals surface area contributed by atoms with Crippen LogP contribution in [0.2, 0.25) is 0 Å². The molecule has 0 bridgehead atoms. The molecule has 0 saturated carbocycles. The van der Waals surface area contributed by atoms with Gasteiger partial charge in [-0.15, -0.1) is 0 Å². The summed E-state index contributed by atoms with van der Waals surface area (Å²) >= 11 is 0. The third-order valence-corrected chi connectivity index (χ3v) is 3.19. The van der Waals surface area contributed by atoms with Crippen molar-refractivity contribution in [2.45, 2.75) is 53.1 Å². The maximum atomic E-state index is 5.98. The minimum atomic E-state index is 0.208. The summed E-state index contributed by atoms with van der Waals surface area (Å²) in [6.45, 7) is 11.3. The van der Waals surface area contributed by atoms with Crippen molar-refractivity contribution in [1.82, 2.24) is 0 Å². The van der Waals surface area contributed by atoms with E-state index in [9.17, 15) is 0 Å².